The average Bonchev–Trinajstić information content (AvgIpc) is 2.75. The van der Waals surface area contributed by atoms with Gasteiger partial charge >= 0.3 is 0 Å². The number of nitrogens with one attached hydrogen (secondary N) is 1. The smallest absolute Gasteiger partial charge is 0.274 e. The van der Waals surface area contributed by atoms with E-state index in [2.05, 4.69) is 20.9 Å². The second kappa shape index (κ2) is 6.02. The Kier molecular flexibility index (Phi) is 4.56. The summed E-state index contributed by atoms with van der Waals surface area (Å²) < 4.78 is 26.8. The summed E-state index contributed by atoms with van der Waals surface area (Å²) in [6.45, 7) is 1.70. The number of hydrogen-bond acceptors (Lipinski definition) is 5. The van der Waals surface area contributed by atoms with E-state index in [4.69, 9.17) is 0 Å². The van der Waals surface area contributed by atoms with Gasteiger partial charge in [0.05, 0.1) is 17.6 Å². The van der Waals surface area contributed by atoms with Crippen molar-refractivity contribution in [1.29, 1.82) is 0 Å². The van der Waals surface area contributed by atoms with E-state index in [1.807, 2.05) is 10.8 Å². The molecule has 0 aliphatic carbocycles. The number of nitrogens with zero attached hydrogens (tertiary/aromatic N) is 1. The van der Waals surface area contributed by atoms with Crippen molar-refractivity contribution >= 4 is 43.2 Å². The Morgan fingerprint density at radius 3 is 2.80 bits per heavy atom. The van der Waals surface area contributed by atoms with Crippen LogP contribution in [0.2, 0.25) is 0 Å². The zero-order chi connectivity index (χ0) is 14.8. The minimum Gasteiger partial charge on any atom is -0.274 e. The lowest BCUT2D eigenvalue weighted by Crippen LogP contribution is -2.31. The molecule has 1 heterocycles. The van der Waals surface area contributed by atoms with E-state index in [-0.39, 0.29) is 10.6 Å². The molecule has 20 heavy (non-hydrogen) atoms. The van der Waals surface area contributed by atoms with Crippen LogP contribution in [0.5, 0.6) is 0 Å². The van der Waals surface area contributed by atoms with Crippen LogP contribution >= 0.6 is 27.3 Å². The van der Waals surface area contributed by atoms with Crippen LogP contribution in [0.4, 0.5) is 0 Å². The summed E-state index contributed by atoms with van der Waals surface area (Å²) >= 11 is 4.32. The molecule has 5 nitrogen and oxygen atoms in total. The number of aromatic nitrogens is 1. The van der Waals surface area contributed by atoms with Crippen LogP contribution in [0.3, 0.4) is 0 Å². The Hall–Kier alpha value is -1.25. The predicted molar refractivity (Wildman–Crippen MR) is 80.0 cm³/mol. The molecule has 1 amide bonds. The van der Waals surface area contributed by atoms with E-state index in [1.54, 1.807) is 25.1 Å². The number of thiazole rings is 1. The highest BCUT2D eigenvalue weighted by atomic mass is 79.9. The average molecular weight is 375 g/mol. The minimum atomic E-state index is -3.82. The van der Waals surface area contributed by atoms with Crippen LogP contribution in [-0.4, -0.2) is 19.3 Å². The van der Waals surface area contributed by atoms with Gasteiger partial charge in [0.2, 0.25) is 5.91 Å². The molecule has 0 unspecified atom stereocenters. The Morgan fingerprint density at radius 1 is 1.45 bits per heavy atom. The Morgan fingerprint density at radius 2 is 2.20 bits per heavy atom. The third-order valence-electron chi connectivity index (χ3n) is 2.37. The molecule has 2 rings (SSSR count). The fourth-order valence-corrected chi connectivity index (χ4v) is 4.07. The predicted octanol–water partition coefficient (Wildman–Crippen LogP) is 2.26. The molecule has 0 atom stereocenters. The van der Waals surface area contributed by atoms with Crippen molar-refractivity contribution in [2.24, 2.45) is 0 Å². The summed E-state index contributed by atoms with van der Waals surface area (Å²) in [6, 6.07) is 7.14. The second-order valence-electron chi connectivity index (χ2n) is 4.03. The SMILES string of the molecule is Cc1ncc(S(=O)(=O)NC(=O)Cc2cccc(Br)c2)s1. The first-order valence-electron chi connectivity index (χ1n) is 5.59. The molecule has 2 aromatic rings. The second-order valence-corrected chi connectivity index (χ2v) is 8.09. The first-order chi connectivity index (χ1) is 9.37. The lowest BCUT2D eigenvalue weighted by molar-refractivity contribution is -0.118. The van der Waals surface area contributed by atoms with Crippen molar-refractivity contribution in [2.75, 3.05) is 0 Å². The fourth-order valence-electron chi connectivity index (χ4n) is 1.53. The molecule has 0 aliphatic rings. The number of carbonyl (C=O) groups is 1. The van der Waals surface area contributed by atoms with Gasteiger partial charge in [-0.15, -0.1) is 11.3 Å². The van der Waals surface area contributed by atoms with Gasteiger partial charge in [0.15, 0.2) is 4.21 Å². The van der Waals surface area contributed by atoms with Crippen LogP contribution in [0.25, 0.3) is 0 Å². The maximum absolute atomic E-state index is 11.9. The number of carbonyl (C=O) groups excluding carboxylic acids is 1. The lowest BCUT2D eigenvalue weighted by atomic mass is 10.1. The summed E-state index contributed by atoms with van der Waals surface area (Å²) in [5.41, 5.74) is 0.729. The minimum absolute atomic E-state index is 0.00352. The third kappa shape index (κ3) is 3.87. The van der Waals surface area contributed by atoms with E-state index >= 15 is 0 Å². The van der Waals surface area contributed by atoms with E-state index in [1.165, 1.54) is 6.20 Å². The standard InChI is InChI=1S/C12H11BrN2O3S2/c1-8-14-7-12(19-8)20(17,18)15-11(16)6-9-3-2-4-10(13)5-9/h2-5,7H,6H2,1H3,(H,15,16). The molecule has 0 fully saturated rings. The van der Waals surface area contributed by atoms with Crippen LogP contribution in [-0.2, 0) is 21.2 Å². The van der Waals surface area contributed by atoms with E-state index in [0.717, 1.165) is 21.4 Å². The highest BCUT2D eigenvalue weighted by Gasteiger charge is 2.20. The topological polar surface area (TPSA) is 76.1 Å². The number of halogens is 1. The molecule has 0 radical (unpaired) electrons. The molecular formula is C12H11BrN2O3S2. The molecule has 106 valence electrons. The Bertz CT molecular complexity index is 741. The van der Waals surface area contributed by atoms with E-state index in [9.17, 15) is 13.2 Å². The van der Waals surface area contributed by atoms with Crippen molar-refractivity contribution in [3.63, 3.8) is 0 Å². The van der Waals surface area contributed by atoms with Crippen molar-refractivity contribution in [2.45, 2.75) is 17.6 Å². The molecule has 0 aliphatic heterocycles. The number of amides is 1. The largest absolute Gasteiger partial charge is 0.275 e. The van der Waals surface area contributed by atoms with Crippen molar-refractivity contribution in [1.82, 2.24) is 9.71 Å². The maximum Gasteiger partial charge on any atom is 0.275 e. The van der Waals surface area contributed by atoms with Gasteiger partial charge in [-0.05, 0) is 24.6 Å². The number of aryl methyl sites for hydroxylation is 1. The number of hydrogen-bond donors (Lipinski definition) is 1. The fraction of sp³-hybridized carbons (Fsp3) is 0.167. The summed E-state index contributed by atoms with van der Waals surface area (Å²) in [5.74, 6) is -0.575. The Balaban J connectivity index is 2.08. The highest BCUT2D eigenvalue weighted by molar-refractivity contribution is 9.10. The van der Waals surface area contributed by atoms with Crippen LogP contribution < -0.4 is 4.72 Å². The van der Waals surface area contributed by atoms with Gasteiger partial charge in [0.1, 0.15) is 0 Å². The molecule has 0 saturated heterocycles. The number of rotatable bonds is 4. The number of sulfonamides is 1. The summed E-state index contributed by atoms with van der Waals surface area (Å²) in [4.78, 5) is 15.7. The molecule has 1 aromatic heterocycles. The third-order valence-corrected chi connectivity index (χ3v) is 5.61. The zero-order valence-electron chi connectivity index (χ0n) is 10.5. The van der Waals surface area contributed by atoms with Crippen molar-refractivity contribution in [3.05, 3.63) is 45.5 Å². The van der Waals surface area contributed by atoms with E-state index in [0.29, 0.717) is 5.01 Å². The van der Waals surface area contributed by atoms with Crippen LogP contribution in [0.1, 0.15) is 10.6 Å². The molecule has 0 bridgehead atoms. The van der Waals surface area contributed by atoms with Gasteiger partial charge in [-0.1, -0.05) is 28.1 Å². The molecular weight excluding hydrogens is 364 g/mol. The first kappa shape index (κ1) is 15.1. The molecule has 1 N–H and O–H groups in total. The van der Waals surface area contributed by atoms with Gasteiger partial charge < -0.3 is 0 Å². The summed E-state index contributed by atoms with van der Waals surface area (Å²) in [5, 5.41) is 0.629. The molecule has 8 heteroatoms. The van der Waals surface area contributed by atoms with E-state index < -0.39 is 15.9 Å². The van der Waals surface area contributed by atoms with Gasteiger partial charge in [0.25, 0.3) is 10.0 Å². The van der Waals surface area contributed by atoms with Crippen molar-refractivity contribution in [3.8, 4) is 0 Å². The Labute approximate surface area is 129 Å². The number of benzene rings is 1. The van der Waals surface area contributed by atoms with Crippen molar-refractivity contribution < 1.29 is 13.2 Å². The normalized spacial score (nSPS) is 11.3. The summed E-state index contributed by atoms with van der Waals surface area (Å²) in [6.07, 6.45) is 1.24. The zero-order valence-corrected chi connectivity index (χ0v) is 13.7. The highest BCUT2D eigenvalue weighted by Crippen LogP contribution is 2.18. The monoisotopic (exact) mass is 374 g/mol. The van der Waals surface area contributed by atoms with Crippen LogP contribution in [0.15, 0.2) is 39.1 Å². The van der Waals surface area contributed by atoms with Gasteiger partial charge in [-0.25, -0.2) is 18.1 Å². The summed E-state index contributed by atoms with van der Waals surface area (Å²) in [7, 11) is -3.82. The molecule has 0 spiro atoms. The van der Waals surface area contributed by atoms with Gasteiger partial charge in [-0.2, -0.15) is 0 Å². The quantitative estimate of drug-likeness (QED) is 0.890. The molecule has 1 aromatic carbocycles. The molecule has 0 saturated carbocycles. The van der Waals surface area contributed by atoms with Gasteiger partial charge in [0, 0.05) is 4.47 Å². The lowest BCUT2D eigenvalue weighted by Gasteiger charge is -2.05. The van der Waals surface area contributed by atoms with Gasteiger partial charge in [-0.3, -0.25) is 4.79 Å². The first-order valence-corrected chi connectivity index (χ1v) is 8.68. The van der Waals surface area contributed by atoms with Crippen LogP contribution in [0, 0.1) is 6.92 Å². The maximum atomic E-state index is 11.9.